The maximum Gasteiger partial charge on any atom is 0.231 e. The lowest BCUT2D eigenvalue weighted by Crippen LogP contribution is -2.31. The number of nitrogens with zero attached hydrogens (tertiary/aromatic N) is 2. The molecule has 122 valence electrons. The molecule has 0 bridgehead atoms. The van der Waals surface area contributed by atoms with E-state index in [0.717, 1.165) is 43.2 Å². The molecular weight excluding hydrogens is 293 g/mol. The second kappa shape index (κ2) is 5.41. The van der Waals surface area contributed by atoms with Crippen molar-refractivity contribution in [3.05, 3.63) is 46.9 Å². The molecule has 4 rings (SSSR count). The molecule has 0 unspecified atom stereocenters. The van der Waals surface area contributed by atoms with Crippen molar-refractivity contribution in [3.8, 4) is 0 Å². The highest BCUT2D eigenvalue weighted by molar-refractivity contribution is 5.44. The summed E-state index contributed by atoms with van der Waals surface area (Å²) in [5.41, 5.74) is 8.01. The van der Waals surface area contributed by atoms with Crippen molar-refractivity contribution in [2.24, 2.45) is 5.73 Å². The van der Waals surface area contributed by atoms with Crippen LogP contribution in [0.3, 0.4) is 0 Å². The van der Waals surface area contributed by atoms with Gasteiger partial charge >= 0.3 is 0 Å². The van der Waals surface area contributed by atoms with Crippen LogP contribution in [-0.2, 0) is 5.41 Å². The molecule has 0 amide bonds. The number of benzene rings is 1. The van der Waals surface area contributed by atoms with Crippen molar-refractivity contribution in [1.82, 2.24) is 10.1 Å². The Morgan fingerprint density at radius 3 is 2.78 bits per heavy atom. The molecule has 1 heterocycles. The first-order valence-corrected chi connectivity index (χ1v) is 8.46. The molecule has 2 fully saturated rings. The summed E-state index contributed by atoms with van der Waals surface area (Å²) in [4.78, 5) is 4.69. The average molecular weight is 315 g/mol. The van der Waals surface area contributed by atoms with E-state index >= 15 is 0 Å². The molecule has 23 heavy (non-hydrogen) atoms. The Balaban J connectivity index is 1.67. The van der Waals surface area contributed by atoms with Gasteiger partial charge in [0.25, 0.3) is 0 Å². The number of aryl methyl sites for hydroxylation is 1. The summed E-state index contributed by atoms with van der Waals surface area (Å²) in [5, 5.41) is 4.24. The smallest absolute Gasteiger partial charge is 0.231 e. The minimum atomic E-state index is -0.271. The van der Waals surface area contributed by atoms with Crippen LogP contribution >= 0.6 is 0 Å². The minimum Gasteiger partial charge on any atom is -0.339 e. The lowest BCUT2D eigenvalue weighted by atomic mass is 9.85. The second-order valence-corrected chi connectivity index (χ2v) is 7.05. The molecule has 0 saturated heterocycles. The monoisotopic (exact) mass is 315 g/mol. The first kappa shape index (κ1) is 14.8. The Hall–Kier alpha value is -1.75. The fraction of sp³-hybridized carbons (Fsp3) is 0.556. The first-order valence-electron chi connectivity index (χ1n) is 8.46. The van der Waals surface area contributed by atoms with Crippen molar-refractivity contribution in [2.45, 2.75) is 62.8 Å². The van der Waals surface area contributed by atoms with Crippen LogP contribution in [-0.4, -0.2) is 16.2 Å². The van der Waals surface area contributed by atoms with Crippen LogP contribution in [0.1, 0.15) is 67.3 Å². The van der Waals surface area contributed by atoms with Crippen molar-refractivity contribution >= 4 is 0 Å². The lowest BCUT2D eigenvalue weighted by Gasteiger charge is -2.25. The molecule has 0 radical (unpaired) electrons. The van der Waals surface area contributed by atoms with Crippen LogP contribution in [0.5, 0.6) is 0 Å². The molecule has 1 aromatic carbocycles. The van der Waals surface area contributed by atoms with Crippen LogP contribution in [0.25, 0.3) is 0 Å². The molecule has 2 aromatic rings. The number of nitrogens with two attached hydrogens (primary N) is 1. The normalized spacial score (nSPS) is 26.2. The van der Waals surface area contributed by atoms with Gasteiger partial charge in [-0.3, -0.25) is 0 Å². The number of aromatic nitrogens is 2. The van der Waals surface area contributed by atoms with E-state index in [9.17, 15) is 4.39 Å². The van der Waals surface area contributed by atoms with Gasteiger partial charge in [0.05, 0.1) is 11.3 Å². The van der Waals surface area contributed by atoms with Crippen molar-refractivity contribution in [2.75, 3.05) is 0 Å². The molecule has 0 spiro atoms. The Morgan fingerprint density at radius 2 is 2.04 bits per heavy atom. The molecule has 2 aliphatic carbocycles. The largest absolute Gasteiger partial charge is 0.339 e. The zero-order valence-corrected chi connectivity index (χ0v) is 13.4. The summed E-state index contributed by atoms with van der Waals surface area (Å²) in [6, 6.07) is 5.04. The average Bonchev–Trinajstić information content (AvgIpc) is 3.20. The van der Waals surface area contributed by atoms with Gasteiger partial charge in [-0.2, -0.15) is 4.98 Å². The van der Waals surface area contributed by atoms with Gasteiger partial charge in [0.1, 0.15) is 5.82 Å². The number of rotatable bonds is 3. The third-order valence-corrected chi connectivity index (χ3v) is 5.47. The lowest BCUT2D eigenvalue weighted by molar-refractivity contribution is 0.288. The molecule has 2 saturated carbocycles. The summed E-state index contributed by atoms with van der Waals surface area (Å²) in [5.74, 6) is 1.30. The van der Waals surface area contributed by atoms with E-state index < -0.39 is 0 Å². The number of hydrogen-bond donors (Lipinski definition) is 1. The van der Waals surface area contributed by atoms with E-state index in [4.69, 9.17) is 10.3 Å². The molecule has 4 nitrogen and oxygen atoms in total. The summed E-state index contributed by atoms with van der Waals surface area (Å²) in [6.07, 6.45) is 6.22. The standard InChI is InChI=1S/C18H22FN3O/c1-11-6-7-12(19)10-14(11)18(8-9-18)17-21-16(23-22-17)13-4-2-3-5-15(13)20/h6-7,10,13,15H,2-5,8-9,20H2,1H3/t13-,15+/m1/s1. The topological polar surface area (TPSA) is 64.9 Å². The predicted octanol–water partition coefficient (Wildman–Crippen LogP) is 3.58. The van der Waals surface area contributed by atoms with Gasteiger partial charge in [-0.25, -0.2) is 4.39 Å². The second-order valence-electron chi connectivity index (χ2n) is 7.05. The highest BCUT2D eigenvalue weighted by Crippen LogP contribution is 2.53. The zero-order chi connectivity index (χ0) is 16.0. The number of halogens is 1. The van der Waals surface area contributed by atoms with Crippen LogP contribution in [0.2, 0.25) is 0 Å². The molecule has 0 aliphatic heterocycles. The van der Waals surface area contributed by atoms with Crippen LogP contribution < -0.4 is 5.73 Å². The quantitative estimate of drug-likeness (QED) is 0.940. The summed E-state index contributed by atoms with van der Waals surface area (Å²) >= 11 is 0. The van der Waals surface area contributed by atoms with Gasteiger partial charge in [-0.05, 0) is 55.9 Å². The Morgan fingerprint density at radius 1 is 1.26 bits per heavy atom. The van der Waals surface area contributed by atoms with Crippen molar-refractivity contribution in [3.63, 3.8) is 0 Å². The Labute approximate surface area is 135 Å². The number of hydrogen-bond acceptors (Lipinski definition) is 4. The van der Waals surface area contributed by atoms with Gasteiger partial charge in [-0.15, -0.1) is 0 Å². The predicted molar refractivity (Wildman–Crippen MR) is 84.6 cm³/mol. The van der Waals surface area contributed by atoms with E-state index in [-0.39, 0.29) is 23.2 Å². The molecule has 2 N–H and O–H groups in total. The highest BCUT2D eigenvalue weighted by atomic mass is 19.1. The van der Waals surface area contributed by atoms with E-state index in [1.54, 1.807) is 6.07 Å². The maximum absolute atomic E-state index is 13.7. The molecular formula is C18H22FN3O. The molecule has 2 atom stereocenters. The van der Waals surface area contributed by atoms with E-state index in [1.165, 1.54) is 12.5 Å². The Kier molecular flexibility index (Phi) is 3.48. The van der Waals surface area contributed by atoms with E-state index in [2.05, 4.69) is 10.1 Å². The maximum atomic E-state index is 13.7. The van der Waals surface area contributed by atoms with Gasteiger partial charge < -0.3 is 10.3 Å². The van der Waals surface area contributed by atoms with Crippen LogP contribution in [0.15, 0.2) is 22.7 Å². The minimum absolute atomic E-state index is 0.100. The highest BCUT2D eigenvalue weighted by Gasteiger charge is 2.51. The summed E-state index contributed by atoms with van der Waals surface area (Å²) in [6.45, 7) is 2.01. The van der Waals surface area contributed by atoms with E-state index in [1.807, 2.05) is 13.0 Å². The fourth-order valence-electron chi connectivity index (χ4n) is 3.89. The van der Waals surface area contributed by atoms with Crippen LogP contribution in [0, 0.1) is 12.7 Å². The Bertz CT molecular complexity index is 723. The zero-order valence-electron chi connectivity index (χ0n) is 13.4. The van der Waals surface area contributed by atoms with Crippen molar-refractivity contribution in [1.29, 1.82) is 0 Å². The van der Waals surface area contributed by atoms with Crippen molar-refractivity contribution < 1.29 is 8.91 Å². The van der Waals surface area contributed by atoms with Gasteiger partial charge in [0.15, 0.2) is 5.82 Å². The molecule has 5 heteroatoms. The van der Waals surface area contributed by atoms with E-state index in [0.29, 0.717) is 11.7 Å². The summed E-state index contributed by atoms with van der Waals surface area (Å²) < 4.78 is 19.2. The first-order chi connectivity index (χ1) is 11.1. The summed E-state index contributed by atoms with van der Waals surface area (Å²) in [7, 11) is 0. The fourth-order valence-corrected chi connectivity index (χ4v) is 3.89. The molecule has 1 aromatic heterocycles. The third kappa shape index (κ3) is 2.47. The van der Waals surface area contributed by atoms with Gasteiger partial charge in [0.2, 0.25) is 5.89 Å². The third-order valence-electron chi connectivity index (χ3n) is 5.47. The van der Waals surface area contributed by atoms with Gasteiger partial charge in [-0.1, -0.05) is 24.1 Å². The molecule has 2 aliphatic rings. The SMILES string of the molecule is Cc1ccc(F)cc1C1(c2noc([C@@H]3CCCC[C@@H]3N)n2)CC1. The van der Waals surface area contributed by atoms with Gasteiger partial charge in [0, 0.05) is 6.04 Å². The van der Waals surface area contributed by atoms with Crippen LogP contribution in [0.4, 0.5) is 4.39 Å².